The number of rotatable bonds is 3. The molecule has 2 heterocycles. The van der Waals surface area contributed by atoms with Crippen molar-refractivity contribution in [3.8, 4) is 11.4 Å². The number of pyridine rings is 1. The van der Waals surface area contributed by atoms with Gasteiger partial charge < -0.3 is 4.74 Å². The molecule has 1 aromatic carbocycles. The lowest BCUT2D eigenvalue weighted by Crippen LogP contribution is -2.03. The third-order valence-corrected chi connectivity index (χ3v) is 3.95. The molecule has 0 saturated heterocycles. The minimum absolute atomic E-state index is 0.297. The van der Waals surface area contributed by atoms with Gasteiger partial charge in [-0.1, -0.05) is 15.9 Å². The van der Waals surface area contributed by atoms with Crippen LogP contribution in [0.4, 0.5) is 0 Å². The maximum Gasteiger partial charge on any atom is 0.165 e. The highest BCUT2D eigenvalue weighted by Gasteiger charge is 2.16. The van der Waals surface area contributed by atoms with E-state index in [2.05, 4.69) is 25.9 Å². The Bertz CT molecular complexity index is 816. The fourth-order valence-electron chi connectivity index (χ4n) is 2.28. The molecule has 0 radical (unpaired) electrons. The minimum Gasteiger partial charge on any atom is -0.495 e. The van der Waals surface area contributed by atoms with Crippen LogP contribution in [-0.4, -0.2) is 21.6 Å². The third kappa shape index (κ3) is 2.51. The van der Waals surface area contributed by atoms with Crippen LogP contribution < -0.4 is 4.74 Å². The molecule has 0 fully saturated rings. The second-order valence-electron chi connectivity index (χ2n) is 4.61. The summed E-state index contributed by atoms with van der Waals surface area (Å²) in [7, 11) is 1.64. The minimum atomic E-state index is 0.297. The predicted molar refractivity (Wildman–Crippen MR) is 87.4 cm³/mol. The zero-order valence-corrected chi connectivity index (χ0v) is 13.9. The van der Waals surface area contributed by atoms with E-state index >= 15 is 0 Å². The van der Waals surface area contributed by atoms with Crippen molar-refractivity contribution in [2.75, 3.05) is 7.11 Å². The van der Waals surface area contributed by atoms with Crippen molar-refractivity contribution >= 4 is 38.7 Å². The summed E-state index contributed by atoms with van der Waals surface area (Å²) in [6.45, 7) is 1.95. The Hall–Kier alpha value is -1.59. The van der Waals surface area contributed by atoms with Crippen molar-refractivity contribution in [3.63, 3.8) is 0 Å². The van der Waals surface area contributed by atoms with E-state index in [0.717, 1.165) is 38.6 Å². The molecule has 0 unspecified atom stereocenters. The number of benzene rings is 1. The van der Waals surface area contributed by atoms with Crippen molar-refractivity contribution in [1.29, 1.82) is 0 Å². The lowest BCUT2D eigenvalue weighted by Gasteiger charge is -2.12. The summed E-state index contributed by atoms with van der Waals surface area (Å²) in [6.07, 6.45) is 0. The van der Waals surface area contributed by atoms with Crippen LogP contribution in [0.15, 0.2) is 34.8 Å². The standard InChI is InChI=1S/C15H13BrClN3O/c1-9-3-5-11-15(18-9)20(14(8-17)19-11)12-7-10(16)4-6-13(12)21-2/h3-7H,8H2,1-2H3. The summed E-state index contributed by atoms with van der Waals surface area (Å²) in [5.74, 6) is 1.78. The zero-order chi connectivity index (χ0) is 15.0. The van der Waals surface area contributed by atoms with Gasteiger partial charge in [-0.05, 0) is 37.3 Å². The van der Waals surface area contributed by atoms with Crippen LogP contribution in [0.3, 0.4) is 0 Å². The molecule has 6 heteroatoms. The largest absolute Gasteiger partial charge is 0.495 e. The molecule has 0 spiro atoms. The first-order chi connectivity index (χ1) is 10.1. The number of hydrogen-bond acceptors (Lipinski definition) is 3. The monoisotopic (exact) mass is 365 g/mol. The molecular weight excluding hydrogens is 354 g/mol. The van der Waals surface area contributed by atoms with E-state index in [1.165, 1.54) is 0 Å². The second kappa shape index (κ2) is 5.66. The van der Waals surface area contributed by atoms with Gasteiger partial charge in [0, 0.05) is 10.2 Å². The Morgan fingerprint density at radius 2 is 2.05 bits per heavy atom. The van der Waals surface area contributed by atoms with Crippen LogP contribution >= 0.6 is 27.5 Å². The maximum atomic E-state index is 6.06. The zero-order valence-electron chi connectivity index (χ0n) is 11.6. The van der Waals surface area contributed by atoms with Gasteiger partial charge in [0.25, 0.3) is 0 Å². The Morgan fingerprint density at radius 1 is 1.24 bits per heavy atom. The van der Waals surface area contributed by atoms with Gasteiger partial charge in [0.15, 0.2) is 5.65 Å². The molecule has 108 valence electrons. The van der Waals surface area contributed by atoms with E-state index in [0.29, 0.717) is 5.88 Å². The number of aromatic nitrogens is 3. The van der Waals surface area contributed by atoms with Crippen molar-refractivity contribution in [1.82, 2.24) is 14.5 Å². The van der Waals surface area contributed by atoms with Gasteiger partial charge in [-0.15, -0.1) is 11.6 Å². The SMILES string of the molecule is COc1ccc(Br)cc1-n1c(CCl)nc2ccc(C)nc21. The second-order valence-corrected chi connectivity index (χ2v) is 5.79. The van der Waals surface area contributed by atoms with Gasteiger partial charge in [0.1, 0.15) is 17.1 Å². The number of halogens is 2. The fraction of sp³-hybridized carbons (Fsp3) is 0.200. The summed E-state index contributed by atoms with van der Waals surface area (Å²) in [4.78, 5) is 9.15. The van der Waals surface area contributed by atoms with Crippen molar-refractivity contribution in [3.05, 3.63) is 46.3 Å². The molecule has 21 heavy (non-hydrogen) atoms. The summed E-state index contributed by atoms with van der Waals surface area (Å²) in [5, 5.41) is 0. The number of alkyl halides is 1. The molecule has 0 aliphatic rings. The van der Waals surface area contributed by atoms with Crippen LogP contribution in [0.2, 0.25) is 0 Å². The summed E-state index contributed by atoms with van der Waals surface area (Å²) in [5.41, 5.74) is 3.39. The quantitative estimate of drug-likeness (QED) is 0.651. The van der Waals surface area contributed by atoms with Crippen LogP contribution in [0.5, 0.6) is 5.75 Å². The van der Waals surface area contributed by atoms with Gasteiger partial charge in [-0.2, -0.15) is 0 Å². The first-order valence-electron chi connectivity index (χ1n) is 6.39. The van der Waals surface area contributed by atoms with E-state index in [-0.39, 0.29) is 0 Å². The van der Waals surface area contributed by atoms with Crippen LogP contribution in [-0.2, 0) is 5.88 Å². The predicted octanol–water partition coefficient (Wildman–Crippen LogP) is 4.24. The van der Waals surface area contributed by atoms with Gasteiger partial charge in [-0.25, -0.2) is 9.97 Å². The van der Waals surface area contributed by atoms with E-state index in [1.54, 1.807) is 7.11 Å². The third-order valence-electron chi connectivity index (χ3n) is 3.21. The smallest absolute Gasteiger partial charge is 0.165 e. The van der Waals surface area contributed by atoms with Crippen LogP contribution in [0, 0.1) is 6.92 Å². The van der Waals surface area contributed by atoms with Gasteiger partial charge in [0.05, 0.1) is 18.7 Å². The topological polar surface area (TPSA) is 39.9 Å². The van der Waals surface area contributed by atoms with E-state index in [9.17, 15) is 0 Å². The summed E-state index contributed by atoms with van der Waals surface area (Å²) < 4.78 is 8.36. The van der Waals surface area contributed by atoms with E-state index < -0.39 is 0 Å². The van der Waals surface area contributed by atoms with Crippen molar-refractivity contribution in [2.24, 2.45) is 0 Å². The van der Waals surface area contributed by atoms with E-state index in [1.807, 2.05) is 41.8 Å². The van der Waals surface area contributed by atoms with Crippen LogP contribution in [0.25, 0.3) is 16.9 Å². The highest BCUT2D eigenvalue weighted by molar-refractivity contribution is 9.10. The number of methoxy groups -OCH3 is 1. The average Bonchev–Trinajstić information content (AvgIpc) is 2.84. The molecule has 4 nitrogen and oxygen atoms in total. The average molecular weight is 367 g/mol. The number of hydrogen-bond donors (Lipinski definition) is 0. The molecule has 0 amide bonds. The molecule has 0 atom stereocenters. The maximum absolute atomic E-state index is 6.06. The highest BCUT2D eigenvalue weighted by atomic mass is 79.9. The highest BCUT2D eigenvalue weighted by Crippen LogP contribution is 2.31. The Morgan fingerprint density at radius 3 is 2.76 bits per heavy atom. The van der Waals surface area contributed by atoms with Crippen molar-refractivity contribution < 1.29 is 4.74 Å². The fourth-order valence-corrected chi connectivity index (χ4v) is 2.81. The van der Waals surface area contributed by atoms with Crippen LogP contribution in [0.1, 0.15) is 11.5 Å². The van der Waals surface area contributed by atoms with Gasteiger partial charge in [-0.3, -0.25) is 4.57 Å². The van der Waals surface area contributed by atoms with Crippen molar-refractivity contribution in [2.45, 2.75) is 12.8 Å². The first-order valence-corrected chi connectivity index (χ1v) is 7.71. The molecule has 2 aromatic heterocycles. The molecule has 0 bridgehead atoms. The first kappa shape index (κ1) is 14.4. The normalized spacial score (nSPS) is 11.0. The molecule has 0 aliphatic heterocycles. The van der Waals surface area contributed by atoms with Gasteiger partial charge >= 0.3 is 0 Å². The number of imidazole rings is 1. The number of fused-ring (bicyclic) bond motifs is 1. The lowest BCUT2D eigenvalue weighted by atomic mass is 10.3. The molecule has 3 rings (SSSR count). The lowest BCUT2D eigenvalue weighted by molar-refractivity contribution is 0.412. The number of nitrogens with zero attached hydrogens (tertiary/aromatic N) is 3. The molecule has 3 aromatic rings. The number of ether oxygens (including phenoxy) is 1. The van der Waals surface area contributed by atoms with Gasteiger partial charge in [0.2, 0.25) is 0 Å². The van der Waals surface area contributed by atoms with E-state index in [4.69, 9.17) is 16.3 Å². The Kier molecular flexibility index (Phi) is 3.87. The summed E-state index contributed by atoms with van der Waals surface area (Å²) >= 11 is 9.56. The molecule has 0 saturated carbocycles. The molecule has 0 aliphatic carbocycles. The number of aryl methyl sites for hydroxylation is 1. The summed E-state index contributed by atoms with van der Waals surface area (Å²) in [6, 6.07) is 9.70. The Balaban J connectivity index is 2.38. The molecular formula is C15H13BrClN3O. The molecule has 0 N–H and O–H groups in total. The Labute approximate surface area is 135 Å².